The van der Waals surface area contributed by atoms with Gasteiger partial charge in [0.25, 0.3) is 5.69 Å². The summed E-state index contributed by atoms with van der Waals surface area (Å²) < 4.78 is 20.8. The fraction of sp³-hybridized carbons (Fsp3) is 0.591. The predicted octanol–water partition coefficient (Wildman–Crippen LogP) is 2.81. The molecule has 0 saturated carbocycles. The summed E-state index contributed by atoms with van der Waals surface area (Å²) in [5.74, 6) is -0.0938. The number of carbonyl (C=O) groups is 3. The number of alkyl carbamates (subject to hydrolysis) is 1. The summed E-state index contributed by atoms with van der Waals surface area (Å²) in [6.45, 7) is 5.25. The van der Waals surface area contributed by atoms with E-state index >= 15 is 0 Å². The Morgan fingerprint density at radius 3 is 2.40 bits per heavy atom. The molecule has 12 nitrogen and oxygen atoms in total. The van der Waals surface area contributed by atoms with E-state index in [1.165, 1.54) is 45.2 Å². The summed E-state index contributed by atoms with van der Waals surface area (Å²) in [5.41, 5.74) is -0.592. The summed E-state index contributed by atoms with van der Waals surface area (Å²) in [4.78, 5) is 46.6. The van der Waals surface area contributed by atoms with E-state index in [4.69, 9.17) is 18.9 Å². The highest BCUT2D eigenvalue weighted by atomic mass is 32.2. The lowest BCUT2D eigenvalue weighted by molar-refractivity contribution is -0.385. The van der Waals surface area contributed by atoms with Crippen LogP contribution in [0.2, 0.25) is 0 Å². The zero-order chi connectivity index (χ0) is 26.6. The van der Waals surface area contributed by atoms with Gasteiger partial charge in [-0.2, -0.15) is 11.8 Å². The number of ether oxygens (including phenoxy) is 4. The molecule has 35 heavy (non-hydrogen) atoms. The predicted molar refractivity (Wildman–Crippen MR) is 130 cm³/mol. The Bertz CT molecular complexity index is 903. The number of nitro groups is 1. The van der Waals surface area contributed by atoms with Crippen molar-refractivity contribution in [1.82, 2.24) is 10.6 Å². The van der Waals surface area contributed by atoms with Crippen LogP contribution in [0.3, 0.4) is 0 Å². The van der Waals surface area contributed by atoms with Gasteiger partial charge in [0.1, 0.15) is 11.6 Å². The maximum absolute atomic E-state index is 12.1. The highest BCUT2D eigenvalue weighted by molar-refractivity contribution is 7.98. The molecule has 1 aromatic rings. The summed E-state index contributed by atoms with van der Waals surface area (Å²) in [7, 11) is 4.14. The Morgan fingerprint density at radius 2 is 1.86 bits per heavy atom. The van der Waals surface area contributed by atoms with Crippen LogP contribution < -0.4 is 20.1 Å². The van der Waals surface area contributed by atoms with Gasteiger partial charge in [0, 0.05) is 30.5 Å². The highest BCUT2D eigenvalue weighted by Gasteiger charge is 2.26. The van der Waals surface area contributed by atoms with Crippen LogP contribution in [0.15, 0.2) is 12.1 Å². The van der Waals surface area contributed by atoms with Gasteiger partial charge < -0.3 is 29.6 Å². The maximum Gasteiger partial charge on any atom is 0.408 e. The number of nitrogens with one attached hydrogen (secondary N) is 2. The van der Waals surface area contributed by atoms with E-state index < -0.39 is 28.6 Å². The molecule has 196 valence electrons. The third-order valence-corrected chi connectivity index (χ3v) is 5.45. The average Bonchev–Trinajstić information content (AvgIpc) is 2.79. The van der Waals surface area contributed by atoms with Gasteiger partial charge in [-0.05, 0) is 33.3 Å². The van der Waals surface area contributed by atoms with Crippen LogP contribution in [0, 0.1) is 10.1 Å². The van der Waals surface area contributed by atoms with Gasteiger partial charge in [0.2, 0.25) is 5.91 Å². The van der Waals surface area contributed by atoms with Crippen LogP contribution in [-0.4, -0.2) is 68.2 Å². The second-order valence-corrected chi connectivity index (χ2v) is 9.28. The molecule has 0 radical (unpaired) electrons. The molecule has 0 aliphatic rings. The SMILES string of the molecule is CNC(=O)CCCOc1cc([N+](=O)[O-])c(CSCC(NC(=O)OC(C)(C)C)C(=O)OC)cc1OC. The van der Waals surface area contributed by atoms with Crippen molar-refractivity contribution in [2.45, 2.75) is 51.0 Å². The van der Waals surface area contributed by atoms with Crippen molar-refractivity contribution < 1.29 is 38.3 Å². The normalized spacial score (nSPS) is 11.7. The number of amides is 2. The molecule has 1 aromatic carbocycles. The Hall–Kier alpha value is -3.22. The quantitative estimate of drug-likeness (QED) is 0.173. The second kappa shape index (κ2) is 14.2. The van der Waals surface area contributed by atoms with Crippen molar-refractivity contribution >= 4 is 35.4 Å². The van der Waals surface area contributed by atoms with Gasteiger partial charge in [-0.1, -0.05) is 0 Å². The molecule has 2 N–H and O–H groups in total. The molecule has 0 aliphatic carbocycles. The minimum Gasteiger partial charge on any atom is -0.493 e. The number of hydrogen-bond donors (Lipinski definition) is 2. The van der Waals surface area contributed by atoms with E-state index in [2.05, 4.69) is 10.6 Å². The van der Waals surface area contributed by atoms with Crippen molar-refractivity contribution in [3.05, 3.63) is 27.8 Å². The van der Waals surface area contributed by atoms with E-state index in [9.17, 15) is 24.5 Å². The molecule has 0 heterocycles. The van der Waals surface area contributed by atoms with Crippen molar-refractivity contribution in [3.63, 3.8) is 0 Å². The largest absolute Gasteiger partial charge is 0.493 e. The molecular weight excluding hydrogens is 482 g/mol. The van der Waals surface area contributed by atoms with Crippen molar-refractivity contribution in [1.29, 1.82) is 0 Å². The van der Waals surface area contributed by atoms with Crippen LogP contribution in [0.5, 0.6) is 11.5 Å². The Balaban J connectivity index is 2.91. The van der Waals surface area contributed by atoms with E-state index in [0.29, 0.717) is 17.7 Å². The molecule has 0 aromatic heterocycles. The Morgan fingerprint density at radius 1 is 1.17 bits per heavy atom. The summed E-state index contributed by atoms with van der Waals surface area (Å²) in [5, 5.41) is 16.6. The number of nitrogens with zero attached hydrogens (tertiary/aromatic N) is 1. The van der Waals surface area contributed by atoms with Gasteiger partial charge in [-0.15, -0.1) is 0 Å². The molecule has 1 unspecified atom stereocenters. The first-order chi connectivity index (χ1) is 16.4. The molecule has 0 fully saturated rings. The van der Waals surface area contributed by atoms with Gasteiger partial charge >= 0.3 is 12.1 Å². The van der Waals surface area contributed by atoms with Gasteiger partial charge in [-0.3, -0.25) is 14.9 Å². The second-order valence-electron chi connectivity index (χ2n) is 8.25. The monoisotopic (exact) mass is 515 g/mol. The average molecular weight is 516 g/mol. The standard InChI is InChI=1S/C22H33N3O9S/c1-22(2,3)34-21(28)24-15(20(27)32-6)13-35-12-14-10-17(31-5)18(11-16(14)25(29)30)33-9-7-8-19(26)23-4/h10-11,15H,7-9,12-13H2,1-6H3,(H,23,26)(H,24,28). The number of thioether (sulfide) groups is 1. The molecule has 0 aliphatic heterocycles. The van der Waals surface area contributed by atoms with Gasteiger partial charge in [-0.25, -0.2) is 9.59 Å². The molecule has 0 bridgehead atoms. The van der Waals surface area contributed by atoms with Crippen LogP contribution in [0.1, 0.15) is 39.2 Å². The molecule has 1 rings (SSSR count). The smallest absolute Gasteiger partial charge is 0.408 e. The lowest BCUT2D eigenvalue weighted by atomic mass is 10.2. The number of nitro benzene ring substituents is 1. The Kier molecular flexibility index (Phi) is 12.1. The minimum absolute atomic E-state index is 0.0864. The van der Waals surface area contributed by atoms with E-state index in [1.54, 1.807) is 20.8 Å². The highest BCUT2D eigenvalue weighted by Crippen LogP contribution is 2.36. The molecule has 0 spiro atoms. The number of carbonyl (C=O) groups excluding carboxylic acids is 3. The van der Waals surface area contributed by atoms with Gasteiger partial charge in [0.15, 0.2) is 11.5 Å². The zero-order valence-corrected chi connectivity index (χ0v) is 21.6. The van der Waals surface area contributed by atoms with Crippen molar-refractivity contribution in [2.75, 3.05) is 33.6 Å². The number of hydrogen-bond acceptors (Lipinski definition) is 10. The lowest BCUT2D eigenvalue weighted by Gasteiger charge is -2.22. The lowest BCUT2D eigenvalue weighted by Crippen LogP contribution is -2.45. The topological polar surface area (TPSA) is 155 Å². The van der Waals surface area contributed by atoms with Crippen LogP contribution in [0.25, 0.3) is 0 Å². The first-order valence-corrected chi connectivity index (χ1v) is 11.9. The van der Waals surface area contributed by atoms with Crippen molar-refractivity contribution in [2.24, 2.45) is 0 Å². The summed E-state index contributed by atoms with van der Waals surface area (Å²) >= 11 is 1.19. The minimum atomic E-state index is -1.01. The molecule has 2 amide bonds. The molecular formula is C22H33N3O9S. The van der Waals surface area contributed by atoms with Crippen LogP contribution in [-0.2, 0) is 24.8 Å². The van der Waals surface area contributed by atoms with Crippen molar-refractivity contribution in [3.8, 4) is 11.5 Å². The molecule has 1 atom stereocenters. The summed E-state index contributed by atoms with van der Waals surface area (Å²) in [6, 6.07) is 1.75. The third-order valence-electron chi connectivity index (χ3n) is 4.36. The number of esters is 1. The Labute approximate surface area is 208 Å². The molecule has 13 heteroatoms. The van der Waals surface area contributed by atoms with E-state index in [-0.39, 0.29) is 41.9 Å². The zero-order valence-electron chi connectivity index (χ0n) is 20.8. The number of rotatable bonds is 13. The van der Waals surface area contributed by atoms with E-state index in [0.717, 1.165) is 0 Å². The number of methoxy groups -OCH3 is 2. The summed E-state index contributed by atoms with van der Waals surface area (Å²) in [6.07, 6.45) is -0.0960. The van der Waals surface area contributed by atoms with Crippen LogP contribution in [0.4, 0.5) is 10.5 Å². The first-order valence-electron chi connectivity index (χ1n) is 10.8. The van der Waals surface area contributed by atoms with E-state index in [1.807, 2.05) is 0 Å². The molecule has 0 saturated heterocycles. The fourth-order valence-electron chi connectivity index (χ4n) is 2.74. The van der Waals surface area contributed by atoms with Gasteiger partial charge in [0.05, 0.1) is 31.8 Å². The fourth-order valence-corrected chi connectivity index (χ4v) is 3.76. The first kappa shape index (κ1) is 29.8. The number of benzene rings is 1. The third kappa shape index (κ3) is 10.7. The maximum atomic E-state index is 12.1. The van der Waals surface area contributed by atoms with Crippen LogP contribution >= 0.6 is 11.8 Å².